The van der Waals surface area contributed by atoms with E-state index in [1.807, 2.05) is 13.1 Å². The number of nitrogens with one attached hydrogen (secondary N) is 1. The van der Waals surface area contributed by atoms with Crippen LogP contribution in [-0.4, -0.2) is 41.7 Å². The van der Waals surface area contributed by atoms with E-state index >= 15 is 0 Å². The van der Waals surface area contributed by atoms with Gasteiger partial charge in [0, 0.05) is 23.7 Å². The Morgan fingerprint density at radius 2 is 2.11 bits per heavy atom. The lowest BCUT2D eigenvalue weighted by Gasteiger charge is -2.32. The molecule has 1 aliphatic rings. The number of piperidine rings is 1. The number of halogens is 3. The number of hydrogen-bond acceptors (Lipinski definition) is 4. The van der Waals surface area contributed by atoms with Crippen LogP contribution in [0.4, 0.5) is 13.2 Å². The molecule has 1 aromatic heterocycles. The zero-order chi connectivity index (χ0) is 13.9. The first-order chi connectivity index (χ1) is 8.92. The predicted molar refractivity (Wildman–Crippen MR) is 69.2 cm³/mol. The van der Waals surface area contributed by atoms with Crippen LogP contribution in [0.25, 0.3) is 0 Å². The van der Waals surface area contributed by atoms with Gasteiger partial charge >= 0.3 is 6.18 Å². The molecule has 1 aliphatic heterocycles. The largest absolute Gasteiger partial charge is 0.401 e. The van der Waals surface area contributed by atoms with Crippen molar-refractivity contribution in [3.63, 3.8) is 0 Å². The second-order valence-corrected chi connectivity index (χ2v) is 6.23. The van der Waals surface area contributed by atoms with Crippen molar-refractivity contribution in [1.82, 2.24) is 15.2 Å². The first-order valence-corrected chi connectivity index (χ1v) is 7.18. The van der Waals surface area contributed by atoms with E-state index in [0.717, 1.165) is 17.8 Å². The zero-order valence-electron chi connectivity index (χ0n) is 10.8. The first kappa shape index (κ1) is 14.7. The molecule has 3 nitrogen and oxygen atoms in total. The van der Waals surface area contributed by atoms with Gasteiger partial charge in [-0.05, 0) is 32.9 Å². The van der Waals surface area contributed by atoms with Gasteiger partial charge in [-0.2, -0.15) is 13.2 Å². The van der Waals surface area contributed by atoms with Crippen molar-refractivity contribution in [2.45, 2.75) is 38.5 Å². The highest BCUT2D eigenvalue weighted by atomic mass is 32.1. The molecule has 1 saturated heterocycles. The van der Waals surface area contributed by atoms with Gasteiger partial charge in [0.05, 0.1) is 6.54 Å². The Morgan fingerprint density at radius 1 is 1.42 bits per heavy atom. The Kier molecular flexibility index (Phi) is 4.81. The number of aromatic nitrogens is 1. The van der Waals surface area contributed by atoms with Crippen LogP contribution in [0.5, 0.6) is 0 Å². The highest BCUT2D eigenvalue weighted by Gasteiger charge is 2.32. The molecular formula is C12H18F3N3S. The molecule has 0 unspecified atom stereocenters. The monoisotopic (exact) mass is 293 g/mol. The van der Waals surface area contributed by atoms with Crippen LogP contribution in [0.3, 0.4) is 0 Å². The van der Waals surface area contributed by atoms with Gasteiger partial charge in [0.25, 0.3) is 0 Å². The smallest absolute Gasteiger partial charge is 0.308 e. The maximum Gasteiger partial charge on any atom is 0.401 e. The summed E-state index contributed by atoms with van der Waals surface area (Å²) in [7, 11) is 0. The second-order valence-electron chi connectivity index (χ2n) is 4.91. The maximum absolute atomic E-state index is 12.2. The summed E-state index contributed by atoms with van der Waals surface area (Å²) in [5.41, 5.74) is 0. The van der Waals surface area contributed by atoms with Crippen LogP contribution < -0.4 is 5.32 Å². The average Bonchev–Trinajstić information content (AvgIpc) is 2.72. The van der Waals surface area contributed by atoms with Crippen LogP contribution in [0.1, 0.15) is 22.7 Å². The summed E-state index contributed by atoms with van der Waals surface area (Å²) in [6.45, 7) is 2.95. The molecule has 2 rings (SSSR count). The maximum atomic E-state index is 12.2. The Balaban J connectivity index is 1.69. The van der Waals surface area contributed by atoms with Crippen molar-refractivity contribution in [3.8, 4) is 0 Å². The van der Waals surface area contributed by atoms with Crippen LogP contribution in [-0.2, 0) is 6.54 Å². The molecular weight excluding hydrogens is 275 g/mol. The summed E-state index contributed by atoms with van der Waals surface area (Å²) in [6.07, 6.45) is -0.715. The number of aryl methyl sites for hydroxylation is 1. The summed E-state index contributed by atoms with van der Waals surface area (Å²) < 4.78 is 36.7. The predicted octanol–water partition coefficient (Wildman–Crippen LogP) is 2.57. The number of nitrogens with zero attached hydrogens (tertiary/aromatic N) is 2. The van der Waals surface area contributed by atoms with Gasteiger partial charge in [-0.15, -0.1) is 11.3 Å². The van der Waals surface area contributed by atoms with Crippen LogP contribution in [0.2, 0.25) is 0 Å². The summed E-state index contributed by atoms with van der Waals surface area (Å²) >= 11 is 1.65. The molecule has 0 aromatic carbocycles. The number of hydrogen-bond donors (Lipinski definition) is 1. The van der Waals surface area contributed by atoms with Gasteiger partial charge in [0.15, 0.2) is 0 Å². The number of thiazole rings is 1. The van der Waals surface area contributed by atoms with Gasteiger partial charge in [-0.3, -0.25) is 4.90 Å². The zero-order valence-corrected chi connectivity index (χ0v) is 11.7. The molecule has 19 heavy (non-hydrogen) atoms. The summed E-state index contributed by atoms with van der Waals surface area (Å²) in [6, 6.07) is 0.300. The molecule has 0 atom stereocenters. The molecule has 0 amide bonds. The Hall–Kier alpha value is -0.660. The highest BCUT2D eigenvalue weighted by Crippen LogP contribution is 2.20. The van der Waals surface area contributed by atoms with E-state index in [1.54, 1.807) is 11.3 Å². The van der Waals surface area contributed by atoms with Crippen molar-refractivity contribution in [1.29, 1.82) is 0 Å². The van der Waals surface area contributed by atoms with Crippen molar-refractivity contribution in [3.05, 3.63) is 16.1 Å². The number of rotatable bonds is 4. The van der Waals surface area contributed by atoms with Gasteiger partial charge in [-0.1, -0.05) is 0 Å². The first-order valence-electron chi connectivity index (χ1n) is 6.36. The van der Waals surface area contributed by atoms with Crippen LogP contribution in [0.15, 0.2) is 6.20 Å². The van der Waals surface area contributed by atoms with E-state index < -0.39 is 12.7 Å². The standard InChI is InChI=1S/C12H18F3N3S/c1-9-6-17-11(19-9)7-16-10-2-4-18(5-3-10)8-12(13,14)15/h6,10,16H,2-5,7-8H2,1H3. The van der Waals surface area contributed by atoms with Crippen molar-refractivity contribution in [2.24, 2.45) is 0 Å². The molecule has 0 bridgehead atoms. The van der Waals surface area contributed by atoms with E-state index in [1.165, 1.54) is 9.78 Å². The molecule has 1 N–H and O–H groups in total. The SMILES string of the molecule is Cc1cnc(CNC2CCN(CC(F)(F)F)CC2)s1. The lowest BCUT2D eigenvalue weighted by Crippen LogP contribution is -2.45. The fourth-order valence-corrected chi connectivity index (χ4v) is 3.00. The lowest BCUT2D eigenvalue weighted by molar-refractivity contribution is -0.148. The second kappa shape index (κ2) is 6.19. The molecule has 0 spiro atoms. The topological polar surface area (TPSA) is 28.2 Å². The van der Waals surface area contributed by atoms with Gasteiger partial charge in [0.2, 0.25) is 0 Å². The molecule has 0 aliphatic carbocycles. The minimum absolute atomic E-state index is 0.300. The molecule has 0 radical (unpaired) electrons. The van der Waals surface area contributed by atoms with E-state index in [4.69, 9.17) is 0 Å². The van der Waals surface area contributed by atoms with Crippen molar-refractivity contribution >= 4 is 11.3 Å². The molecule has 1 fully saturated rings. The quantitative estimate of drug-likeness (QED) is 0.925. The Bertz CT molecular complexity index is 397. The Labute approximate surface area is 114 Å². The molecule has 2 heterocycles. The fourth-order valence-electron chi connectivity index (χ4n) is 2.26. The lowest BCUT2D eigenvalue weighted by atomic mass is 10.1. The van der Waals surface area contributed by atoms with Crippen molar-refractivity contribution in [2.75, 3.05) is 19.6 Å². The fraction of sp³-hybridized carbons (Fsp3) is 0.750. The molecule has 1 aromatic rings. The molecule has 108 valence electrons. The summed E-state index contributed by atoms with van der Waals surface area (Å²) in [5, 5.41) is 4.41. The third-order valence-electron chi connectivity index (χ3n) is 3.20. The molecule has 0 saturated carbocycles. The highest BCUT2D eigenvalue weighted by molar-refractivity contribution is 7.11. The van der Waals surface area contributed by atoms with E-state index in [9.17, 15) is 13.2 Å². The minimum Gasteiger partial charge on any atom is -0.308 e. The molecule has 7 heteroatoms. The number of alkyl halides is 3. The average molecular weight is 293 g/mol. The van der Waals surface area contributed by atoms with E-state index in [2.05, 4.69) is 10.3 Å². The van der Waals surface area contributed by atoms with E-state index in [-0.39, 0.29) is 0 Å². The third-order valence-corrected chi connectivity index (χ3v) is 4.11. The summed E-state index contributed by atoms with van der Waals surface area (Å²) in [5.74, 6) is 0. The number of likely N-dealkylation sites (tertiary alicyclic amines) is 1. The van der Waals surface area contributed by atoms with Gasteiger partial charge < -0.3 is 5.32 Å². The van der Waals surface area contributed by atoms with Crippen LogP contribution >= 0.6 is 11.3 Å². The third kappa shape index (κ3) is 5.08. The summed E-state index contributed by atoms with van der Waals surface area (Å²) in [4.78, 5) is 6.92. The Morgan fingerprint density at radius 3 is 2.63 bits per heavy atom. The minimum atomic E-state index is -4.08. The van der Waals surface area contributed by atoms with Crippen LogP contribution in [0, 0.1) is 6.92 Å². The van der Waals surface area contributed by atoms with Gasteiger partial charge in [-0.25, -0.2) is 4.98 Å². The van der Waals surface area contributed by atoms with Crippen molar-refractivity contribution < 1.29 is 13.2 Å². The van der Waals surface area contributed by atoms with E-state index in [0.29, 0.717) is 25.7 Å². The normalized spacial score (nSPS) is 18.9. The van der Waals surface area contributed by atoms with Gasteiger partial charge in [0.1, 0.15) is 5.01 Å².